The topological polar surface area (TPSA) is 46.5 Å². The summed E-state index contributed by atoms with van der Waals surface area (Å²) in [6, 6.07) is 0. The van der Waals surface area contributed by atoms with Gasteiger partial charge in [-0.3, -0.25) is 4.79 Å². The van der Waals surface area contributed by atoms with Gasteiger partial charge in [0.05, 0.1) is 0 Å². The van der Waals surface area contributed by atoms with E-state index in [9.17, 15) is 9.70 Å². The lowest BCUT2D eigenvalue weighted by atomic mass is 10.1. The fourth-order valence-corrected chi connectivity index (χ4v) is 2.39. The van der Waals surface area contributed by atoms with Gasteiger partial charge < -0.3 is 0 Å². The van der Waals surface area contributed by atoms with Gasteiger partial charge in [-0.25, -0.2) is 0 Å². The van der Waals surface area contributed by atoms with Crippen molar-refractivity contribution in [1.82, 2.24) is 0 Å². The second-order valence-corrected chi connectivity index (χ2v) is 5.82. The summed E-state index contributed by atoms with van der Waals surface area (Å²) in [6.07, 6.45) is 21.0. The molecule has 0 rings (SSSR count). The fraction of sp³-hybridized carbons (Fsp3) is 0.833. The Hall–Kier alpha value is -0.990. The van der Waals surface area contributed by atoms with Crippen LogP contribution in [0.15, 0.2) is 17.3 Å². The summed E-state index contributed by atoms with van der Waals surface area (Å²) in [7, 11) is 0. The summed E-state index contributed by atoms with van der Waals surface area (Å²) in [6.45, 7) is 2.25. The summed E-state index contributed by atoms with van der Waals surface area (Å²) in [5.74, 6) is -0.507. The van der Waals surface area contributed by atoms with Gasteiger partial charge >= 0.3 is 0 Å². The quantitative estimate of drug-likeness (QED) is 0.202. The van der Waals surface area contributed by atoms with Crippen LogP contribution in [0.3, 0.4) is 0 Å². The van der Waals surface area contributed by atoms with Gasteiger partial charge in [0.1, 0.15) is 0 Å². The Labute approximate surface area is 130 Å². The van der Waals surface area contributed by atoms with Gasteiger partial charge in [0.2, 0.25) is 0 Å². The number of nitrogens with zero attached hydrogens (tertiary/aromatic N) is 1. The molecule has 0 unspecified atom stereocenters. The van der Waals surface area contributed by atoms with Crippen LogP contribution in [0.1, 0.15) is 96.8 Å². The molecule has 0 aliphatic rings. The van der Waals surface area contributed by atoms with Crippen LogP contribution in [0, 0.1) is 4.91 Å². The number of hydrogen-bond acceptors (Lipinski definition) is 2. The molecule has 0 bridgehead atoms. The van der Waals surface area contributed by atoms with Crippen LogP contribution in [0.2, 0.25) is 0 Å². The van der Waals surface area contributed by atoms with Gasteiger partial charge in [-0.1, -0.05) is 70.4 Å². The zero-order valence-electron chi connectivity index (χ0n) is 13.8. The number of allylic oxidation sites excluding steroid dienone is 2. The second kappa shape index (κ2) is 17.1. The third-order valence-corrected chi connectivity index (χ3v) is 3.75. The first-order valence-electron chi connectivity index (χ1n) is 8.82. The van der Waals surface area contributed by atoms with Crippen LogP contribution in [0.25, 0.3) is 0 Å². The summed E-state index contributed by atoms with van der Waals surface area (Å²) >= 11 is 0. The Bertz CT molecular complexity index is 274. The molecule has 3 nitrogen and oxygen atoms in total. The average molecular weight is 295 g/mol. The molecule has 0 aromatic heterocycles. The third-order valence-electron chi connectivity index (χ3n) is 3.75. The van der Waals surface area contributed by atoms with Gasteiger partial charge in [-0.2, -0.15) is 0 Å². The predicted molar refractivity (Wildman–Crippen MR) is 90.3 cm³/mol. The molecule has 0 N–H and O–H groups in total. The molecule has 0 heterocycles. The molecule has 0 atom stereocenters. The van der Waals surface area contributed by atoms with E-state index in [1.54, 1.807) is 0 Å². The highest BCUT2D eigenvalue weighted by Crippen LogP contribution is 2.10. The molecule has 1 amide bonds. The molecule has 0 radical (unpaired) electrons. The Morgan fingerprint density at radius 3 is 1.76 bits per heavy atom. The maximum absolute atomic E-state index is 10.7. The first-order valence-corrected chi connectivity index (χ1v) is 8.82. The Morgan fingerprint density at radius 2 is 1.24 bits per heavy atom. The highest BCUT2D eigenvalue weighted by atomic mass is 16.3. The SMILES string of the molecule is CCCCCCCC/C=C\CCCCCCCC(=O)N=O. The van der Waals surface area contributed by atoms with E-state index in [0.29, 0.717) is 6.42 Å². The van der Waals surface area contributed by atoms with Crippen molar-refractivity contribution in [3.05, 3.63) is 17.1 Å². The fourth-order valence-electron chi connectivity index (χ4n) is 2.39. The van der Waals surface area contributed by atoms with Crippen molar-refractivity contribution < 1.29 is 4.79 Å². The van der Waals surface area contributed by atoms with Crippen molar-refractivity contribution in [3.8, 4) is 0 Å². The number of unbranched alkanes of at least 4 members (excludes halogenated alkanes) is 11. The van der Waals surface area contributed by atoms with Crippen molar-refractivity contribution in [2.45, 2.75) is 96.8 Å². The molecule has 0 spiro atoms. The highest BCUT2D eigenvalue weighted by molar-refractivity contribution is 5.76. The normalized spacial score (nSPS) is 11.1. The van der Waals surface area contributed by atoms with E-state index in [4.69, 9.17) is 0 Å². The molecular weight excluding hydrogens is 262 g/mol. The lowest BCUT2D eigenvalue weighted by Gasteiger charge is -1.99. The zero-order chi connectivity index (χ0) is 15.6. The molecule has 0 aliphatic heterocycles. The van der Waals surface area contributed by atoms with Crippen molar-refractivity contribution in [3.63, 3.8) is 0 Å². The molecule has 122 valence electrons. The van der Waals surface area contributed by atoms with E-state index in [-0.39, 0.29) is 0 Å². The summed E-state index contributed by atoms with van der Waals surface area (Å²) in [5.41, 5.74) is 0. The third kappa shape index (κ3) is 17.0. The van der Waals surface area contributed by atoms with Gasteiger partial charge in [0.25, 0.3) is 5.91 Å². The number of carbonyl (C=O) groups excluding carboxylic acids is 1. The van der Waals surface area contributed by atoms with Gasteiger partial charge in [-0.05, 0) is 32.1 Å². The van der Waals surface area contributed by atoms with Crippen molar-refractivity contribution in [2.75, 3.05) is 0 Å². The number of hydrogen-bond donors (Lipinski definition) is 0. The molecule has 0 fully saturated rings. The zero-order valence-corrected chi connectivity index (χ0v) is 13.8. The maximum Gasteiger partial charge on any atom is 0.286 e. The van der Waals surface area contributed by atoms with E-state index in [1.165, 1.54) is 64.2 Å². The van der Waals surface area contributed by atoms with Crippen LogP contribution in [-0.4, -0.2) is 5.91 Å². The molecule has 0 saturated heterocycles. The number of rotatable bonds is 15. The molecular formula is C18H33NO2. The van der Waals surface area contributed by atoms with Crippen molar-refractivity contribution in [1.29, 1.82) is 0 Å². The summed E-state index contributed by atoms with van der Waals surface area (Å²) in [4.78, 5) is 20.5. The smallest absolute Gasteiger partial charge is 0.269 e. The molecule has 21 heavy (non-hydrogen) atoms. The van der Waals surface area contributed by atoms with E-state index in [2.05, 4.69) is 24.3 Å². The number of amides is 1. The van der Waals surface area contributed by atoms with E-state index in [0.717, 1.165) is 19.3 Å². The predicted octanol–water partition coefficient (Wildman–Crippen LogP) is 6.32. The first kappa shape index (κ1) is 20.0. The van der Waals surface area contributed by atoms with Crippen molar-refractivity contribution in [2.24, 2.45) is 5.18 Å². The Kier molecular flexibility index (Phi) is 16.3. The summed E-state index contributed by atoms with van der Waals surface area (Å²) in [5, 5.41) is 2.39. The van der Waals surface area contributed by atoms with Crippen LogP contribution >= 0.6 is 0 Å². The van der Waals surface area contributed by atoms with Gasteiger partial charge in [-0.15, -0.1) is 4.91 Å². The van der Waals surface area contributed by atoms with Crippen molar-refractivity contribution >= 4 is 5.91 Å². The second-order valence-electron chi connectivity index (χ2n) is 5.82. The Balaban J connectivity index is 3.11. The summed E-state index contributed by atoms with van der Waals surface area (Å²) < 4.78 is 0. The number of nitroso groups, excluding NO2 is 1. The lowest BCUT2D eigenvalue weighted by Crippen LogP contribution is -1.90. The van der Waals surface area contributed by atoms with Gasteiger partial charge in [0, 0.05) is 11.6 Å². The van der Waals surface area contributed by atoms with E-state index >= 15 is 0 Å². The molecule has 0 aromatic rings. The minimum Gasteiger partial charge on any atom is -0.269 e. The van der Waals surface area contributed by atoms with Crippen LogP contribution in [-0.2, 0) is 4.79 Å². The molecule has 0 aromatic carbocycles. The lowest BCUT2D eigenvalue weighted by molar-refractivity contribution is -0.118. The Morgan fingerprint density at radius 1 is 0.762 bits per heavy atom. The molecule has 0 aliphatic carbocycles. The van der Waals surface area contributed by atoms with Crippen LogP contribution in [0.5, 0.6) is 0 Å². The number of carbonyl (C=O) groups is 1. The van der Waals surface area contributed by atoms with E-state index < -0.39 is 5.91 Å². The average Bonchev–Trinajstić information content (AvgIpc) is 2.50. The minimum absolute atomic E-state index is 0.321. The monoisotopic (exact) mass is 295 g/mol. The standard InChI is InChI=1S/C18H33NO2/c1-2-3-4-5-6-7-8-9-10-11-12-13-14-15-16-17-18(20)19-21/h9-10H,2-8,11-17H2,1H3/b10-9-. The first-order chi connectivity index (χ1) is 10.3. The minimum atomic E-state index is -0.507. The van der Waals surface area contributed by atoms with Crippen LogP contribution in [0.4, 0.5) is 0 Å². The molecule has 0 saturated carbocycles. The maximum atomic E-state index is 10.7. The molecule has 3 heteroatoms. The van der Waals surface area contributed by atoms with Crippen LogP contribution < -0.4 is 0 Å². The highest BCUT2D eigenvalue weighted by Gasteiger charge is 1.99. The van der Waals surface area contributed by atoms with E-state index in [1.807, 2.05) is 0 Å². The largest absolute Gasteiger partial charge is 0.286 e. The van der Waals surface area contributed by atoms with Gasteiger partial charge in [0.15, 0.2) is 0 Å².